The van der Waals surface area contributed by atoms with E-state index in [0.29, 0.717) is 11.0 Å². The quantitative estimate of drug-likeness (QED) is 0.217. The van der Waals surface area contributed by atoms with Crippen LogP contribution in [0.3, 0.4) is 0 Å². The molecule has 10 heteroatoms. The number of nitrogens with one attached hydrogen (secondary N) is 2. The molecule has 0 atom stereocenters. The standard InChI is InChI=1S/C23H18N4O5S/c24-12-18(23-26-19-7-3-4-8-20(19)27-23)21(28)14-32-22(29)13-25-33(30,31)17-10-9-15-5-1-2-6-16(15)11-17/h1-11,25,28H,13-14H2,(H,26,27)/b21-18-. The molecular weight excluding hydrogens is 444 g/mol. The van der Waals surface area contributed by atoms with Gasteiger partial charge in [0.1, 0.15) is 24.8 Å². The number of carbonyl (C=O) groups is 1. The Balaban J connectivity index is 1.40. The molecule has 1 aromatic heterocycles. The number of hydrogen-bond donors (Lipinski definition) is 3. The Hall–Kier alpha value is -4.20. The molecule has 0 saturated carbocycles. The lowest BCUT2D eigenvalue weighted by atomic mass is 10.1. The maximum atomic E-state index is 12.5. The summed E-state index contributed by atoms with van der Waals surface area (Å²) in [6, 6.07) is 20.8. The number of aromatic nitrogens is 2. The van der Waals surface area contributed by atoms with E-state index in [0.717, 1.165) is 10.8 Å². The van der Waals surface area contributed by atoms with Crippen LogP contribution < -0.4 is 4.72 Å². The number of carbonyl (C=O) groups excluding carboxylic acids is 1. The number of hydrogen-bond acceptors (Lipinski definition) is 7. The number of allylic oxidation sites excluding steroid dienone is 1. The molecule has 0 unspecified atom stereocenters. The SMILES string of the molecule is N#C/C(=C(/O)COC(=O)CNS(=O)(=O)c1ccc2ccccc2c1)c1nc2ccccc2[nH]1. The van der Waals surface area contributed by atoms with Gasteiger partial charge in [-0.2, -0.15) is 9.98 Å². The van der Waals surface area contributed by atoms with Gasteiger partial charge in [0.05, 0.1) is 15.9 Å². The Morgan fingerprint density at radius 3 is 2.58 bits per heavy atom. The first-order chi connectivity index (χ1) is 15.9. The van der Waals surface area contributed by atoms with Crippen molar-refractivity contribution >= 4 is 43.4 Å². The van der Waals surface area contributed by atoms with E-state index < -0.39 is 34.9 Å². The predicted octanol–water partition coefficient (Wildman–Crippen LogP) is 3.03. The summed E-state index contributed by atoms with van der Waals surface area (Å²) in [7, 11) is -3.96. The van der Waals surface area contributed by atoms with Crippen LogP contribution in [0.25, 0.3) is 27.4 Å². The normalized spacial score (nSPS) is 12.3. The Labute approximate surface area is 189 Å². The highest BCUT2D eigenvalue weighted by Crippen LogP contribution is 2.20. The first-order valence-electron chi connectivity index (χ1n) is 9.79. The number of aliphatic hydroxyl groups is 1. The minimum Gasteiger partial charge on any atom is -0.507 e. The zero-order valence-corrected chi connectivity index (χ0v) is 18.0. The molecule has 166 valence electrons. The van der Waals surface area contributed by atoms with Crippen LogP contribution in [-0.2, 0) is 19.6 Å². The molecule has 0 fully saturated rings. The van der Waals surface area contributed by atoms with Gasteiger partial charge in [0.2, 0.25) is 10.0 Å². The Morgan fingerprint density at radius 1 is 1.09 bits per heavy atom. The van der Waals surface area contributed by atoms with Crippen molar-refractivity contribution in [2.45, 2.75) is 4.90 Å². The molecule has 0 amide bonds. The second kappa shape index (κ2) is 9.12. The van der Waals surface area contributed by atoms with Gasteiger partial charge in [0.15, 0.2) is 11.6 Å². The van der Waals surface area contributed by atoms with Gasteiger partial charge in [-0.1, -0.05) is 42.5 Å². The highest BCUT2D eigenvalue weighted by atomic mass is 32.2. The average molecular weight is 462 g/mol. The maximum absolute atomic E-state index is 12.5. The molecule has 0 spiro atoms. The van der Waals surface area contributed by atoms with Gasteiger partial charge < -0.3 is 14.8 Å². The summed E-state index contributed by atoms with van der Waals surface area (Å²) in [6.07, 6.45) is 0. The summed E-state index contributed by atoms with van der Waals surface area (Å²) in [4.78, 5) is 19.2. The fourth-order valence-corrected chi connectivity index (χ4v) is 4.17. The van der Waals surface area contributed by atoms with Gasteiger partial charge in [-0.15, -0.1) is 0 Å². The van der Waals surface area contributed by atoms with Crippen LogP contribution in [0, 0.1) is 11.3 Å². The lowest BCUT2D eigenvalue weighted by Crippen LogP contribution is -2.31. The van der Waals surface area contributed by atoms with E-state index in [1.54, 1.807) is 42.5 Å². The number of imidazole rings is 1. The summed E-state index contributed by atoms with van der Waals surface area (Å²) in [6.45, 7) is -1.26. The predicted molar refractivity (Wildman–Crippen MR) is 121 cm³/mol. The van der Waals surface area contributed by atoms with Crippen molar-refractivity contribution in [1.82, 2.24) is 14.7 Å². The first-order valence-corrected chi connectivity index (χ1v) is 11.3. The van der Waals surface area contributed by atoms with Gasteiger partial charge in [0.25, 0.3) is 0 Å². The van der Waals surface area contributed by atoms with E-state index >= 15 is 0 Å². The molecular formula is C23H18N4O5S. The number of H-pyrrole nitrogens is 1. The zero-order valence-electron chi connectivity index (χ0n) is 17.1. The Morgan fingerprint density at radius 2 is 1.82 bits per heavy atom. The van der Waals surface area contributed by atoms with E-state index in [1.807, 2.05) is 18.2 Å². The first kappa shape index (κ1) is 22.0. The minimum atomic E-state index is -3.96. The molecule has 3 N–H and O–H groups in total. The van der Waals surface area contributed by atoms with Crippen molar-refractivity contribution in [3.8, 4) is 6.07 Å². The maximum Gasteiger partial charge on any atom is 0.321 e. The zero-order chi connectivity index (χ0) is 23.4. The van der Waals surface area contributed by atoms with E-state index in [-0.39, 0.29) is 16.3 Å². The summed E-state index contributed by atoms with van der Waals surface area (Å²) < 4.78 is 32.1. The number of ether oxygens (including phenoxy) is 1. The molecule has 1 heterocycles. The number of para-hydroxylation sites is 2. The molecule has 4 rings (SSSR count). The summed E-state index contributed by atoms with van der Waals surface area (Å²) in [5.41, 5.74) is 1.09. The van der Waals surface area contributed by atoms with Crippen molar-refractivity contribution in [2.24, 2.45) is 0 Å². The highest BCUT2D eigenvalue weighted by Gasteiger charge is 2.18. The van der Waals surface area contributed by atoms with Crippen LogP contribution >= 0.6 is 0 Å². The molecule has 3 aromatic carbocycles. The monoisotopic (exact) mass is 462 g/mol. The van der Waals surface area contributed by atoms with Crippen molar-refractivity contribution < 1.29 is 23.1 Å². The van der Waals surface area contributed by atoms with Crippen molar-refractivity contribution in [2.75, 3.05) is 13.2 Å². The Kier molecular flexibility index (Phi) is 6.08. The van der Waals surface area contributed by atoms with Crippen LogP contribution in [0.15, 0.2) is 77.4 Å². The lowest BCUT2D eigenvalue weighted by Gasteiger charge is -2.08. The topological polar surface area (TPSA) is 145 Å². The van der Waals surface area contributed by atoms with Gasteiger partial charge in [-0.3, -0.25) is 4.79 Å². The number of nitrogens with zero attached hydrogens (tertiary/aromatic N) is 2. The van der Waals surface area contributed by atoms with Gasteiger partial charge in [-0.25, -0.2) is 13.4 Å². The molecule has 4 aromatic rings. The molecule has 33 heavy (non-hydrogen) atoms. The van der Waals surface area contributed by atoms with Crippen molar-refractivity contribution in [3.05, 3.63) is 78.3 Å². The van der Waals surface area contributed by atoms with Crippen LogP contribution in [0.2, 0.25) is 0 Å². The van der Waals surface area contributed by atoms with Gasteiger partial charge in [0, 0.05) is 0 Å². The van der Waals surface area contributed by atoms with Crippen LogP contribution in [0.4, 0.5) is 0 Å². The van der Waals surface area contributed by atoms with E-state index in [1.165, 1.54) is 12.1 Å². The Bertz CT molecular complexity index is 1500. The third kappa shape index (κ3) is 4.85. The number of aromatic amines is 1. The summed E-state index contributed by atoms with van der Waals surface area (Å²) in [5.74, 6) is -1.31. The number of aliphatic hydroxyl groups excluding tert-OH is 1. The number of sulfonamides is 1. The minimum absolute atomic E-state index is 0.00777. The van der Waals surface area contributed by atoms with Gasteiger partial charge in [-0.05, 0) is 35.0 Å². The van der Waals surface area contributed by atoms with Crippen molar-refractivity contribution in [1.29, 1.82) is 5.26 Å². The molecule has 0 bridgehead atoms. The number of nitriles is 1. The second-order valence-electron chi connectivity index (χ2n) is 7.03. The second-order valence-corrected chi connectivity index (χ2v) is 8.80. The molecule has 0 radical (unpaired) electrons. The third-order valence-electron chi connectivity index (χ3n) is 4.83. The smallest absolute Gasteiger partial charge is 0.321 e. The largest absolute Gasteiger partial charge is 0.507 e. The molecule has 0 aliphatic rings. The van der Waals surface area contributed by atoms with Crippen LogP contribution in [0.5, 0.6) is 0 Å². The number of fused-ring (bicyclic) bond motifs is 2. The fourth-order valence-electron chi connectivity index (χ4n) is 3.17. The average Bonchev–Trinajstić information content (AvgIpc) is 3.25. The fraction of sp³-hybridized carbons (Fsp3) is 0.0870. The summed E-state index contributed by atoms with van der Waals surface area (Å²) >= 11 is 0. The number of esters is 1. The highest BCUT2D eigenvalue weighted by molar-refractivity contribution is 7.89. The summed E-state index contributed by atoms with van der Waals surface area (Å²) in [5, 5.41) is 21.2. The molecule has 0 aliphatic carbocycles. The number of rotatable bonds is 7. The lowest BCUT2D eigenvalue weighted by molar-refractivity contribution is -0.141. The molecule has 9 nitrogen and oxygen atoms in total. The molecule has 0 aliphatic heterocycles. The van der Waals surface area contributed by atoms with Crippen LogP contribution in [0.1, 0.15) is 5.82 Å². The van der Waals surface area contributed by atoms with E-state index in [4.69, 9.17) is 4.74 Å². The van der Waals surface area contributed by atoms with E-state index in [2.05, 4.69) is 14.7 Å². The van der Waals surface area contributed by atoms with E-state index in [9.17, 15) is 23.6 Å². The third-order valence-corrected chi connectivity index (χ3v) is 6.23. The van der Waals surface area contributed by atoms with Gasteiger partial charge >= 0.3 is 5.97 Å². The van der Waals surface area contributed by atoms with Crippen molar-refractivity contribution in [3.63, 3.8) is 0 Å². The molecule has 0 saturated heterocycles. The number of benzene rings is 3. The van der Waals surface area contributed by atoms with Crippen LogP contribution in [-0.4, -0.2) is 42.6 Å².